The van der Waals surface area contributed by atoms with E-state index in [2.05, 4.69) is 5.16 Å². The fourth-order valence-electron chi connectivity index (χ4n) is 3.86. The molecule has 3 aromatic rings. The first-order valence-corrected chi connectivity index (χ1v) is 10.1. The Balaban J connectivity index is 1.50. The molecule has 7 heteroatoms. The number of rotatable bonds is 5. The largest absolute Gasteiger partial charge is 0.465 e. The number of nitrogens with zero attached hydrogens (tertiary/aromatic N) is 2. The van der Waals surface area contributed by atoms with Crippen LogP contribution in [-0.2, 0) is 13.0 Å². The molecule has 0 atom stereocenters. The molecule has 0 radical (unpaired) electrons. The Labute approximate surface area is 161 Å². The number of aryl methyl sites for hydroxylation is 1. The number of aliphatic hydroxyl groups is 1. The van der Waals surface area contributed by atoms with Crippen molar-refractivity contribution in [1.29, 1.82) is 0 Å². The molecule has 2 N–H and O–H groups in total. The maximum atomic E-state index is 11.0. The molecule has 0 spiro atoms. The van der Waals surface area contributed by atoms with E-state index >= 15 is 0 Å². The predicted octanol–water partition coefficient (Wildman–Crippen LogP) is 4.37. The molecule has 142 valence electrons. The van der Waals surface area contributed by atoms with Crippen molar-refractivity contribution in [1.82, 2.24) is 10.1 Å². The van der Waals surface area contributed by atoms with E-state index in [1.807, 2.05) is 29.6 Å². The van der Waals surface area contributed by atoms with Gasteiger partial charge < -0.3 is 19.6 Å². The number of carbonyl (C=O) groups is 1. The number of fused-ring (bicyclic) bond motifs is 1. The molecule has 0 bridgehead atoms. The first-order chi connectivity index (χ1) is 13.2. The third-order valence-corrected chi connectivity index (χ3v) is 6.34. The number of hydrogen-bond donors (Lipinski definition) is 2. The van der Waals surface area contributed by atoms with Gasteiger partial charge in [-0.25, -0.2) is 4.79 Å². The molecule has 1 saturated heterocycles. The number of piperidine rings is 1. The summed E-state index contributed by atoms with van der Waals surface area (Å²) >= 11 is 1.63. The van der Waals surface area contributed by atoms with Gasteiger partial charge in [0.05, 0.1) is 12.3 Å². The minimum absolute atomic E-state index is 0.0904. The Morgan fingerprint density at radius 3 is 2.78 bits per heavy atom. The van der Waals surface area contributed by atoms with Gasteiger partial charge in [-0.3, -0.25) is 0 Å². The van der Waals surface area contributed by atoms with Crippen molar-refractivity contribution in [3.05, 3.63) is 40.9 Å². The number of thiophene rings is 1. The molecule has 6 nitrogen and oxygen atoms in total. The second kappa shape index (κ2) is 7.70. The number of amides is 1. The molecule has 2 aromatic heterocycles. The van der Waals surface area contributed by atoms with Crippen LogP contribution in [0, 0.1) is 5.92 Å². The molecule has 3 heterocycles. The van der Waals surface area contributed by atoms with Gasteiger partial charge in [-0.2, -0.15) is 0 Å². The van der Waals surface area contributed by atoms with Crippen molar-refractivity contribution in [2.24, 2.45) is 5.92 Å². The molecule has 1 aromatic carbocycles. The lowest BCUT2D eigenvalue weighted by Crippen LogP contribution is -2.37. The molecule has 1 amide bonds. The fraction of sp³-hybridized carbons (Fsp3) is 0.400. The molecule has 0 aliphatic carbocycles. The zero-order chi connectivity index (χ0) is 18.8. The van der Waals surface area contributed by atoms with Gasteiger partial charge in [0.15, 0.2) is 5.58 Å². The van der Waals surface area contributed by atoms with Crippen LogP contribution in [-0.4, -0.2) is 39.5 Å². The van der Waals surface area contributed by atoms with Gasteiger partial charge in [-0.05, 0) is 49.1 Å². The quantitative estimate of drug-likeness (QED) is 0.680. The summed E-state index contributed by atoms with van der Waals surface area (Å²) < 4.78 is 5.61. The number of likely N-dealkylation sites (tertiary alicyclic amines) is 1. The monoisotopic (exact) mass is 386 g/mol. The van der Waals surface area contributed by atoms with Gasteiger partial charge in [-0.1, -0.05) is 17.3 Å². The van der Waals surface area contributed by atoms with Gasteiger partial charge in [0, 0.05) is 34.5 Å². The van der Waals surface area contributed by atoms with E-state index in [9.17, 15) is 9.90 Å². The number of carboxylic acid groups (broad SMARTS) is 1. The van der Waals surface area contributed by atoms with E-state index in [-0.39, 0.29) is 6.61 Å². The smallest absolute Gasteiger partial charge is 0.407 e. The van der Waals surface area contributed by atoms with E-state index in [1.165, 1.54) is 4.90 Å². The molecular weight excluding hydrogens is 364 g/mol. The molecule has 0 unspecified atom stereocenters. The van der Waals surface area contributed by atoms with E-state index in [0.29, 0.717) is 24.6 Å². The minimum Gasteiger partial charge on any atom is -0.465 e. The Kier molecular flexibility index (Phi) is 5.13. The first-order valence-electron chi connectivity index (χ1n) is 9.20. The molecule has 0 saturated carbocycles. The van der Waals surface area contributed by atoms with E-state index in [1.54, 1.807) is 11.3 Å². The summed E-state index contributed by atoms with van der Waals surface area (Å²) in [6.07, 6.45) is 2.73. The van der Waals surface area contributed by atoms with E-state index in [4.69, 9.17) is 9.63 Å². The number of aromatic nitrogens is 1. The van der Waals surface area contributed by atoms with Gasteiger partial charge in [0.25, 0.3) is 0 Å². The van der Waals surface area contributed by atoms with Crippen LogP contribution in [0.4, 0.5) is 4.79 Å². The van der Waals surface area contributed by atoms with Gasteiger partial charge in [-0.15, -0.1) is 11.3 Å². The van der Waals surface area contributed by atoms with Crippen LogP contribution in [0.1, 0.15) is 30.5 Å². The van der Waals surface area contributed by atoms with Crippen LogP contribution in [0.5, 0.6) is 0 Å². The third kappa shape index (κ3) is 3.57. The summed E-state index contributed by atoms with van der Waals surface area (Å²) in [6.45, 7) is 1.13. The molecule has 1 aliphatic rings. The van der Waals surface area contributed by atoms with Crippen molar-refractivity contribution in [2.45, 2.75) is 32.3 Å². The lowest BCUT2D eigenvalue weighted by molar-refractivity contribution is 0.123. The van der Waals surface area contributed by atoms with E-state index in [0.717, 1.165) is 52.8 Å². The van der Waals surface area contributed by atoms with Crippen LogP contribution < -0.4 is 0 Å². The first kappa shape index (κ1) is 18.0. The minimum atomic E-state index is -0.825. The molecular formula is C20H22N2O4S. The topological polar surface area (TPSA) is 86.8 Å². The van der Waals surface area contributed by atoms with Crippen LogP contribution in [0.25, 0.3) is 21.4 Å². The van der Waals surface area contributed by atoms with Crippen LogP contribution in [0.3, 0.4) is 0 Å². The Morgan fingerprint density at radius 2 is 2.11 bits per heavy atom. The third-order valence-electron chi connectivity index (χ3n) is 5.44. The predicted molar refractivity (Wildman–Crippen MR) is 104 cm³/mol. The van der Waals surface area contributed by atoms with E-state index < -0.39 is 6.09 Å². The van der Waals surface area contributed by atoms with Gasteiger partial charge in [0.2, 0.25) is 0 Å². The van der Waals surface area contributed by atoms with Crippen LogP contribution in [0.2, 0.25) is 0 Å². The maximum Gasteiger partial charge on any atom is 0.407 e. The van der Waals surface area contributed by atoms with Crippen molar-refractivity contribution < 1.29 is 19.5 Å². The molecule has 4 rings (SSSR count). The number of hydrogen-bond acceptors (Lipinski definition) is 5. The average Bonchev–Trinajstić information content (AvgIpc) is 3.35. The fourth-order valence-corrected chi connectivity index (χ4v) is 4.64. The molecule has 27 heavy (non-hydrogen) atoms. The summed E-state index contributed by atoms with van der Waals surface area (Å²) in [5, 5.41) is 26.2. The summed E-state index contributed by atoms with van der Waals surface area (Å²) in [4.78, 5) is 13.6. The molecule has 1 aliphatic heterocycles. The standard InChI is InChI=1S/C20H22N2O4S/c23-12-16-14(18-2-1-11-27-18)4-5-15-17(21-26-19(15)16)6-3-13-7-9-22(10-8-13)20(24)25/h1-2,4-5,11,13,23H,3,6-10,12H2,(H,24,25). The molecule has 1 fully saturated rings. The summed E-state index contributed by atoms with van der Waals surface area (Å²) in [5.74, 6) is 0.509. The van der Waals surface area contributed by atoms with Crippen molar-refractivity contribution in [2.75, 3.05) is 13.1 Å². The SMILES string of the molecule is O=C(O)N1CCC(CCc2noc3c(CO)c(-c4cccs4)ccc23)CC1. The van der Waals surface area contributed by atoms with Gasteiger partial charge >= 0.3 is 6.09 Å². The lowest BCUT2D eigenvalue weighted by Gasteiger charge is -2.29. The van der Waals surface area contributed by atoms with Crippen molar-refractivity contribution >= 4 is 28.4 Å². The highest BCUT2D eigenvalue weighted by Gasteiger charge is 2.23. The summed E-state index contributed by atoms with van der Waals surface area (Å²) in [6, 6.07) is 8.09. The second-order valence-electron chi connectivity index (χ2n) is 6.98. The van der Waals surface area contributed by atoms with Gasteiger partial charge in [0.1, 0.15) is 0 Å². The van der Waals surface area contributed by atoms with Crippen molar-refractivity contribution in [3.8, 4) is 10.4 Å². The zero-order valence-corrected chi connectivity index (χ0v) is 15.7. The highest BCUT2D eigenvalue weighted by atomic mass is 32.1. The lowest BCUT2D eigenvalue weighted by atomic mass is 9.91. The highest BCUT2D eigenvalue weighted by molar-refractivity contribution is 7.13. The number of aliphatic hydroxyl groups excluding tert-OH is 1. The summed E-state index contributed by atoms with van der Waals surface area (Å²) in [7, 11) is 0. The Bertz CT molecular complexity index is 927. The average molecular weight is 386 g/mol. The Morgan fingerprint density at radius 1 is 1.30 bits per heavy atom. The normalized spacial score (nSPS) is 15.5. The Hall–Kier alpha value is -2.38. The highest BCUT2D eigenvalue weighted by Crippen LogP contribution is 2.35. The second-order valence-corrected chi connectivity index (χ2v) is 7.93. The van der Waals surface area contributed by atoms with Crippen molar-refractivity contribution in [3.63, 3.8) is 0 Å². The maximum absolute atomic E-state index is 11.0. The number of benzene rings is 1. The summed E-state index contributed by atoms with van der Waals surface area (Å²) in [5.41, 5.74) is 3.35. The van der Waals surface area contributed by atoms with Crippen LogP contribution >= 0.6 is 11.3 Å². The van der Waals surface area contributed by atoms with Crippen LogP contribution in [0.15, 0.2) is 34.2 Å². The zero-order valence-electron chi connectivity index (χ0n) is 14.9.